The molecule has 0 N–H and O–H groups in total. The van der Waals surface area contributed by atoms with Crippen LogP contribution in [0.15, 0.2) is 12.3 Å². The standard InChI is InChI=1S/C19H29N/c1-11(2)16-9-13(5)14(6)18-15(7)20(8)10-17(12(3)4)19(16)18/h9-12,15H,1-8H3/t15-/m0/s1. The van der Waals surface area contributed by atoms with Crippen LogP contribution >= 0.6 is 0 Å². The zero-order chi connectivity index (χ0) is 15.2. The average Bonchev–Trinajstić information content (AvgIpc) is 2.36. The summed E-state index contributed by atoms with van der Waals surface area (Å²) in [5.41, 5.74) is 8.98. The monoisotopic (exact) mass is 271 g/mol. The summed E-state index contributed by atoms with van der Waals surface area (Å²) in [6.07, 6.45) is 2.36. The Balaban J connectivity index is 2.84. The highest BCUT2D eigenvalue weighted by Gasteiger charge is 2.28. The molecule has 1 aliphatic rings. The molecule has 0 fully saturated rings. The number of nitrogens with zero attached hydrogens (tertiary/aromatic N) is 1. The van der Waals surface area contributed by atoms with Gasteiger partial charge in [0.05, 0.1) is 6.04 Å². The van der Waals surface area contributed by atoms with E-state index in [4.69, 9.17) is 0 Å². The Bertz CT molecular complexity index is 549. The first-order valence-corrected chi connectivity index (χ1v) is 7.83. The SMILES string of the molecule is Cc1cc(C(C)C)c2c(c1C)[C@H](C)N(C)C=C2C(C)C. The molecule has 0 unspecified atom stereocenters. The van der Waals surface area contributed by atoms with Crippen LogP contribution in [-0.4, -0.2) is 11.9 Å². The minimum absolute atomic E-state index is 0.463. The van der Waals surface area contributed by atoms with Gasteiger partial charge >= 0.3 is 0 Å². The van der Waals surface area contributed by atoms with Gasteiger partial charge in [0.15, 0.2) is 0 Å². The van der Waals surface area contributed by atoms with E-state index in [1.165, 1.54) is 27.8 Å². The Morgan fingerprint density at radius 1 is 1.05 bits per heavy atom. The van der Waals surface area contributed by atoms with Gasteiger partial charge in [-0.15, -0.1) is 0 Å². The molecule has 110 valence electrons. The van der Waals surface area contributed by atoms with Crippen molar-refractivity contribution in [1.29, 1.82) is 0 Å². The van der Waals surface area contributed by atoms with E-state index in [1.54, 1.807) is 5.56 Å². The summed E-state index contributed by atoms with van der Waals surface area (Å²) in [7, 11) is 2.20. The number of hydrogen-bond donors (Lipinski definition) is 0. The van der Waals surface area contributed by atoms with Crippen LogP contribution in [-0.2, 0) is 0 Å². The molecule has 1 nitrogen and oxygen atoms in total. The second-order valence-electron chi connectivity index (χ2n) is 6.93. The van der Waals surface area contributed by atoms with Crippen LogP contribution < -0.4 is 0 Å². The van der Waals surface area contributed by atoms with Gasteiger partial charge in [-0.05, 0) is 66.0 Å². The van der Waals surface area contributed by atoms with Gasteiger partial charge in [0, 0.05) is 13.2 Å². The Hall–Kier alpha value is -1.24. The van der Waals surface area contributed by atoms with E-state index < -0.39 is 0 Å². The van der Waals surface area contributed by atoms with Crippen LogP contribution in [0.4, 0.5) is 0 Å². The fraction of sp³-hybridized carbons (Fsp3) is 0.579. The second kappa shape index (κ2) is 5.27. The highest BCUT2D eigenvalue weighted by molar-refractivity contribution is 5.76. The normalized spacial score (nSPS) is 18.6. The van der Waals surface area contributed by atoms with E-state index in [0.29, 0.717) is 17.9 Å². The topological polar surface area (TPSA) is 3.24 Å². The molecule has 0 amide bonds. The summed E-state index contributed by atoms with van der Waals surface area (Å²) >= 11 is 0. The molecule has 1 heterocycles. The minimum atomic E-state index is 0.463. The van der Waals surface area contributed by atoms with Gasteiger partial charge in [0.2, 0.25) is 0 Å². The largest absolute Gasteiger partial charge is 0.373 e. The third-order valence-corrected chi connectivity index (χ3v) is 4.83. The first-order chi connectivity index (χ1) is 9.25. The van der Waals surface area contributed by atoms with Crippen LogP contribution in [0.1, 0.15) is 74.4 Å². The molecule has 0 bridgehead atoms. The van der Waals surface area contributed by atoms with E-state index in [0.717, 1.165) is 0 Å². The lowest BCUT2D eigenvalue weighted by Gasteiger charge is -2.37. The van der Waals surface area contributed by atoms with E-state index in [9.17, 15) is 0 Å². The zero-order valence-electron chi connectivity index (χ0n) is 14.3. The number of fused-ring (bicyclic) bond motifs is 1. The smallest absolute Gasteiger partial charge is 0.0514 e. The first kappa shape index (κ1) is 15.2. The van der Waals surface area contributed by atoms with E-state index in [-0.39, 0.29) is 0 Å². The maximum Gasteiger partial charge on any atom is 0.0514 e. The van der Waals surface area contributed by atoms with Gasteiger partial charge in [0.1, 0.15) is 0 Å². The second-order valence-corrected chi connectivity index (χ2v) is 6.93. The van der Waals surface area contributed by atoms with Crippen molar-refractivity contribution in [2.45, 2.75) is 60.4 Å². The average molecular weight is 271 g/mol. The summed E-state index contributed by atoms with van der Waals surface area (Å²) in [5.74, 6) is 1.13. The number of hydrogen-bond acceptors (Lipinski definition) is 1. The summed E-state index contributed by atoms with van der Waals surface area (Å²) in [6, 6.07) is 2.87. The zero-order valence-corrected chi connectivity index (χ0v) is 14.3. The molecule has 0 aromatic heterocycles. The van der Waals surface area contributed by atoms with Crippen LogP contribution in [0.5, 0.6) is 0 Å². The quantitative estimate of drug-likeness (QED) is 0.693. The predicted octanol–water partition coefficient (Wildman–Crippen LogP) is 5.43. The van der Waals surface area contributed by atoms with E-state index in [2.05, 4.69) is 72.7 Å². The van der Waals surface area contributed by atoms with Crippen molar-refractivity contribution in [3.8, 4) is 0 Å². The van der Waals surface area contributed by atoms with Crippen molar-refractivity contribution in [2.75, 3.05) is 7.05 Å². The fourth-order valence-electron chi connectivity index (χ4n) is 3.31. The van der Waals surface area contributed by atoms with Crippen molar-refractivity contribution in [1.82, 2.24) is 4.90 Å². The molecule has 1 aromatic carbocycles. The van der Waals surface area contributed by atoms with Crippen LogP contribution in [0.2, 0.25) is 0 Å². The first-order valence-electron chi connectivity index (χ1n) is 7.83. The molecule has 0 saturated heterocycles. The molecule has 2 rings (SSSR count). The molecular weight excluding hydrogens is 242 g/mol. The molecule has 1 aromatic rings. The Kier molecular flexibility index (Phi) is 4.00. The Morgan fingerprint density at radius 3 is 2.15 bits per heavy atom. The summed E-state index contributed by atoms with van der Waals surface area (Å²) in [5, 5.41) is 0. The fourth-order valence-corrected chi connectivity index (χ4v) is 3.31. The van der Waals surface area contributed by atoms with Crippen molar-refractivity contribution in [3.63, 3.8) is 0 Å². The number of benzene rings is 1. The van der Waals surface area contributed by atoms with Crippen molar-refractivity contribution >= 4 is 5.57 Å². The van der Waals surface area contributed by atoms with Gasteiger partial charge in [0.25, 0.3) is 0 Å². The van der Waals surface area contributed by atoms with Gasteiger partial charge in [-0.1, -0.05) is 33.8 Å². The molecule has 0 radical (unpaired) electrons. The van der Waals surface area contributed by atoms with Crippen molar-refractivity contribution in [3.05, 3.63) is 40.1 Å². The summed E-state index contributed by atoms with van der Waals surface area (Å²) in [6.45, 7) is 16.1. The number of aryl methyl sites for hydroxylation is 1. The van der Waals surface area contributed by atoms with Gasteiger partial charge < -0.3 is 4.90 Å². The van der Waals surface area contributed by atoms with Crippen molar-refractivity contribution < 1.29 is 0 Å². The van der Waals surface area contributed by atoms with Crippen LogP contribution in [0.3, 0.4) is 0 Å². The Labute approximate surface area is 124 Å². The molecule has 1 heteroatoms. The number of allylic oxidation sites excluding steroid dienone is 1. The summed E-state index contributed by atoms with van der Waals surface area (Å²) in [4.78, 5) is 2.37. The van der Waals surface area contributed by atoms with Gasteiger partial charge in [-0.2, -0.15) is 0 Å². The van der Waals surface area contributed by atoms with Crippen molar-refractivity contribution in [2.24, 2.45) is 5.92 Å². The minimum Gasteiger partial charge on any atom is -0.373 e. The van der Waals surface area contributed by atoms with Gasteiger partial charge in [-0.25, -0.2) is 0 Å². The van der Waals surface area contributed by atoms with E-state index >= 15 is 0 Å². The maximum absolute atomic E-state index is 2.41. The van der Waals surface area contributed by atoms with E-state index in [1.807, 2.05) is 0 Å². The number of rotatable bonds is 2. The lowest BCUT2D eigenvalue weighted by atomic mass is 9.77. The molecule has 20 heavy (non-hydrogen) atoms. The third kappa shape index (κ3) is 2.28. The lowest BCUT2D eigenvalue weighted by molar-refractivity contribution is 0.351. The molecule has 0 spiro atoms. The van der Waals surface area contributed by atoms with Gasteiger partial charge in [-0.3, -0.25) is 0 Å². The molecule has 1 atom stereocenters. The molecule has 0 saturated carbocycles. The molecule has 0 aliphatic carbocycles. The predicted molar refractivity (Wildman–Crippen MR) is 89.0 cm³/mol. The van der Waals surface area contributed by atoms with Crippen LogP contribution in [0.25, 0.3) is 5.57 Å². The lowest BCUT2D eigenvalue weighted by Crippen LogP contribution is -2.26. The summed E-state index contributed by atoms with van der Waals surface area (Å²) < 4.78 is 0. The third-order valence-electron chi connectivity index (χ3n) is 4.83. The molecule has 1 aliphatic heterocycles. The van der Waals surface area contributed by atoms with Crippen LogP contribution in [0, 0.1) is 19.8 Å². The highest BCUT2D eigenvalue weighted by Crippen LogP contribution is 2.43. The Morgan fingerprint density at radius 2 is 1.65 bits per heavy atom. The molecular formula is C19H29N. The highest BCUT2D eigenvalue weighted by atomic mass is 15.1. The maximum atomic E-state index is 2.41.